The van der Waals surface area contributed by atoms with Crippen LogP contribution in [0.1, 0.15) is 34.1 Å². The first-order chi connectivity index (χ1) is 14.1. The molecule has 4 rings (SSSR count). The van der Waals surface area contributed by atoms with Crippen LogP contribution in [0.2, 0.25) is 0 Å². The van der Waals surface area contributed by atoms with Gasteiger partial charge < -0.3 is 4.74 Å². The van der Waals surface area contributed by atoms with E-state index in [0.717, 1.165) is 22.1 Å². The molecule has 0 radical (unpaired) electrons. The molecule has 1 aliphatic heterocycles. The molecule has 4 heterocycles. The SMILES string of the molecule is [2H]C([2H])([2H])Oc1c(S(=O)(=O)N2CCC(c3nn4ncnc4cc3C)CC2)cnn1C. The van der Waals surface area contributed by atoms with E-state index in [1.807, 2.05) is 13.0 Å². The second-order valence-electron chi connectivity index (χ2n) is 6.54. The Labute approximate surface area is 161 Å². The second kappa shape index (κ2) is 6.57. The van der Waals surface area contributed by atoms with Crippen LogP contribution in [0.4, 0.5) is 0 Å². The van der Waals surface area contributed by atoms with E-state index in [1.165, 1.54) is 22.3 Å². The Morgan fingerprint density at radius 1 is 1.30 bits per heavy atom. The van der Waals surface area contributed by atoms with E-state index < -0.39 is 17.1 Å². The lowest BCUT2D eigenvalue weighted by atomic mass is 9.92. The van der Waals surface area contributed by atoms with Crippen LogP contribution in [0.25, 0.3) is 5.65 Å². The van der Waals surface area contributed by atoms with Gasteiger partial charge in [-0.3, -0.25) is 0 Å². The molecule has 3 aromatic heterocycles. The van der Waals surface area contributed by atoms with Gasteiger partial charge in [0.2, 0.25) is 15.9 Å². The number of piperidine rings is 1. The number of aromatic nitrogens is 6. The van der Waals surface area contributed by atoms with Crippen LogP contribution in [0, 0.1) is 6.92 Å². The van der Waals surface area contributed by atoms with Crippen LogP contribution in [0.3, 0.4) is 0 Å². The van der Waals surface area contributed by atoms with E-state index in [4.69, 9.17) is 8.85 Å². The number of hydrogen-bond donors (Lipinski definition) is 0. The number of hydrogen-bond acceptors (Lipinski definition) is 7. The summed E-state index contributed by atoms with van der Waals surface area (Å²) >= 11 is 0. The maximum atomic E-state index is 13.1. The highest BCUT2D eigenvalue weighted by Crippen LogP contribution is 2.33. The van der Waals surface area contributed by atoms with Crippen molar-refractivity contribution in [1.82, 2.24) is 33.9 Å². The zero-order valence-corrected chi connectivity index (χ0v) is 15.7. The molecule has 1 aliphatic rings. The molecule has 10 nitrogen and oxygen atoms in total. The van der Waals surface area contributed by atoms with Gasteiger partial charge in [0.25, 0.3) is 0 Å². The molecular formula is C16H21N7O3S. The summed E-state index contributed by atoms with van der Waals surface area (Å²) in [6.07, 6.45) is 3.70. The van der Waals surface area contributed by atoms with Gasteiger partial charge in [0.05, 0.1) is 23.0 Å². The van der Waals surface area contributed by atoms with Gasteiger partial charge in [0, 0.05) is 26.1 Å². The fourth-order valence-corrected chi connectivity index (χ4v) is 5.02. The Balaban J connectivity index is 1.54. The number of methoxy groups -OCH3 is 1. The predicted molar refractivity (Wildman–Crippen MR) is 96.0 cm³/mol. The number of sulfonamides is 1. The lowest BCUT2D eigenvalue weighted by Crippen LogP contribution is -2.38. The standard InChI is InChI=1S/C16H21N7O3S/c1-11-8-14-17-10-19-23(14)20-15(11)12-4-6-22(7-5-12)27(24,25)13-9-18-21(2)16(13)26-3/h8-10,12H,4-7H2,1-3H3/i3D3. The minimum atomic E-state index is -3.96. The monoisotopic (exact) mass is 394 g/mol. The maximum absolute atomic E-state index is 13.1. The molecule has 1 saturated heterocycles. The van der Waals surface area contributed by atoms with E-state index in [0.29, 0.717) is 18.5 Å². The average Bonchev–Trinajstić information content (AvgIpc) is 3.26. The van der Waals surface area contributed by atoms with E-state index in [-0.39, 0.29) is 29.8 Å². The zero-order chi connectivity index (χ0) is 21.7. The van der Waals surface area contributed by atoms with Crippen LogP contribution in [0.5, 0.6) is 5.88 Å². The Kier molecular flexibility index (Phi) is 3.53. The normalized spacial score (nSPS) is 19.0. The molecular weight excluding hydrogens is 370 g/mol. The summed E-state index contributed by atoms with van der Waals surface area (Å²) in [5, 5.41) is 12.5. The molecule has 0 saturated carbocycles. The largest absolute Gasteiger partial charge is 0.480 e. The van der Waals surface area contributed by atoms with Gasteiger partial charge in [0.1, 0.15) is 6.33 Å². The van der Waals surface area contributed by atoms with Crippen molar-refractivity contribution in [2.45, 2.75) is 30.6 Å². The molecule has 3 aromatic rings. The fourth-order valence-electron chi connectivity index (χ4n) is 3.48. The van der Waals surface area contributed by atoms with Crippen LogP contribution >= 0.6 is 0 Å². The van der Waals surface area contributed by atoms with Crippen molar-refractivity contribution in [2.24, 2.45) is 7.05 Å². The molecule has 0 amide bonds. The molecule has 0 unspecified atom stereocenters. The number of fused-ring (bicyclic) bond motifs is 1. The molecule has 144 valence electrons. The first-order valence-corrected chi connectivity index (χ1v) is 9.89. The van der Waals surface area contributed by atoms with Gasteiger partial charge in [-0.2, -0.15) is 14.5 Å². The summed E-state index contributed by atoms with van der Waals surface area (Å²) in [5.41, 5.74) is 2.52. The lowest BCUT2D eigenvalue weighted by molar-refractivity contribution is 0.311. The highest BCUT2D eigenvalue weighted by atomic mass is 32.2. The number of nitrogens with zero attached hydrogens (tertiary/aromatic N) is 7. The van der Waals surface area contributed by atoms with E-state index in [9.17, 15) is 8.42 Å². The van der Waals surface area contributed by atoms with Crippen molar-refractivity contribution in [1.29, 1.82) is 0 Å². The van der Waals surface area contributed by atoms with Crippen LogP contribution < -0.4 is 4.74 Å². The van der Waals surface area contributed by atoms with Crippen molar-refractivity contribution in [2.75, 3.05) is 20.1 Å². The smallest absolute Gasteiger partial charge is 0.250 e. The van der Waals surface area contributed by atoms with Gasteiger partial charge >= 0.3 is 0 Å². The van der Waals surface area contributed by atoms with Crippen molar-refractivity contribution < 1.29 is 17.3 Å². The van der Waals surface area contributed by atoms with E-state index >= 15 is 0 Å². The zero-order valence-electron chi connectivity index (χ0n) is 17.9. The van der Waals surface area contributed by atoms with Crippen LogP contribution in [-0.2, 0) is 17.1 Å². The van der Waals surface area contributed by atoms with Crippen LogP contribution in [-0.4, -0.2) is 62.4 Å². The van der Waals surface area contributed by atoms with Gasteiger partial charge in [-0.1, -0.05) is 0 Å². The Bertz CT molecular complexity index is 1180. The van der Waals surface area contributed by atoms with Crippen molar-refractivity contribution in [3.63, 3.8) is 0 Å². The number of ether oxygens (including phenoxy) is 1. The molecule has 0 aliphatic carbocycles. The number of rotatable bonds is 4. The highest BCUT2D eigenvalue weighted by molar-refractivity contribution is 7.89. The first-order valence-electron chi connectivity index (χ1n) is 9.95. The summed E-state index contributed by atoms with van der Waals surface area (Å²) in [7, 11) is -5.31. The van der Waals surface area contributed by atoms with E-state index in [2.05, 4.69) is 20.3 Å². The summed E-state index contributed by atoms with van der Waals surface area (Å²) in [6.45, 7) is 2.49. The first kappa shape index (κ1) is 14.5. The molecule has 0 aromatic carbocycles. The molecule has 27 heavy (non-hydrogen) atoms. The van der Waals surface area contributed by atoms with Crippen molar-refractivity contribution >= 4 is 15.7 Å². The van der Waals surface area contributed by atoms with Gasteiger partial charge in [-0.25, -0.2) is 18.1 Å². The Morgan fingerprint density at radius 2 is 2.07 bits per heavy atom. The van der Waals surface area contributed by atoms with Gasteiger partial charge in [0.15, 0.2) is 10.5 Å². The third-order valence-electron chi connectivity index (χ3n) is 4.92. The number of aryl methyl sites for hydroxylation is 2. The lowest BCUT2D eigenvalue weighted by Gasteiger charge is -2.31. The molecule has 1 fully saturated rings. The predicted octanol–water partition coefficient (Wildman–Crippen LogP) is 0.743. The van der Waals surface area contributed by atoms with Crippen LogP contribution in [0.15, 0.2) is 23.5 Å². The third kappa shape index (κ3) is 2.96. The summed E-state index contributed by atoms with van der Waals surface area (Å²) in [6, 6.07) is 1.91. The van der Waals surface area contributed by atoms with Crippen molar-refractivity contribution in [3.05, 3.63) is 29.8 Å². The topological polar surface area (TPSA) is 108 Å². The Morgan fingerprint density at radius 3 is 2.81 bits per heavy atom. The third-order valence-corrected chi connectivity index (χ3v) is 6.80. The molecule has 11 heteroatoms. The Hall–Kier alpha value is -2.53. The molecule has 0 N–H and O–H groups in total. The molecule has 0 spiro atoms. The van der Waals surface area contributed by atoms with Gasteiger partial charge in [-0.15, -0.1) is 9.73 Å². The van der Waals surface area contributed by atoms with Gasteiger partial charge in [-0.05, 0) is 31.4 Å². The minimum absolute atomic E-state index is 0.0806. The minimum Gasteiger partial charge on any atom is -0.480 e. The highest BCUT2D eigenvalue weighted by Gasteiger charge is 2.34. The quantitative estimate of drug-likeness (QED) is 0.642. The average molecular weight is 394 g/mol. The summed E-state index contributed by atoms with van der Waals surface area (Å²) in [4.78, 5) is 3.87. The molecule has 0 atom stereocenters. The van der Waals surface area contributed by atoms with Crippen molar-refractivity contribution in [3.8, 4) is 5.88 Å². The summed E-state index contributed by atoms with van der Waals surface area (Å²) < 4.78 is 56.9. The summed E-state index contributed by atoms with van der Waals surface area (Å²) in [5.74, 6) is -0.219. The maximum Gasteiger partial charge on any atom is 0.250 e. The second-order valence-corrected chi connectivity index (χ2v) is 8.44. The molecule has 0 bridgehead atoms. The fraction of sp³-hybridized carbons (Fsp3) is 0.500. The van der Waals surface area contributed by atoms with E-state index in [1.54, 1.807) is 0 Å².